The number of nitrogens with zero attached hydrogens (tertiary/aromatic N) is 2. The van der Waals surface area contributed by atoms with Crippen LogP contribution in [-0.2, 0) is 10.0 Å². The van der Waals surface area contributed by atoms with Crippen molar-refractivity contribution in [2.45, 2.75) is 4.90 Å². The van der Waals surface area contributed by atoms with Gasteiger partial charge in [-0.3, -0.25) is 4.79 Å². The summed E-state index contributed by atoms with van der Waals surface area (Å²) in [5.41, 5.74) is 1.52. The number of aromatic nitrogens is 2. The van der Waals surface area contributed by atoms with Crippen LogP contribution in [0.3, 0.4) is 0 Å². The Labute approximate surface area is 144 Å². The first kappa shape index (κ1) is 16.9. The van der Waals surface area contributed by atoms with Gasteiger partial charge in [-0.05, 0) is 54.6 Å². The van der Waals surface area contributed by atoms with Gasteiger partial charge in [0, 0.05) is 11.6 Å². The van der Waals surface area contributed by atoms with E-state index in [0.29, 0.717) is 11.4 Å². The molecule has 0 aliphatic heterocycles. The van der Waals surface area contributed by atoms with E-state index in [0.717, 1.165) is 11.3 Å². The van der Waals surface area contributed by atoms with Crippen LogP contribution in [0.25, 0.3) is 16.9 Å². The van der Waals surface area contributed by atoms with Crippen molar-refractivity contribution >= 4 is 10.0 Å². The number of nitrogens with two attached hydrogens (primary N) is 1. The minimum absolute atomic E-state index is 0.0318. The van der Waals surface area contributed by atoms with Crippen LogP contribution in [0.4, 0.5) is 0 Å². The van der Waals surface area contributed by atoms with Crippen molar-refractivity contribution in [2.75, 3.05) is 7.11 Å². The Morgan fingerprint density at radius 3 is 2.16 bits per heavy atom. The summed E-state index contributed by atoms with van der Waals surface area (Å²) in [5, 5.41) is 9.42. The molecule has 0 spiro atoms. The lowest BCUT2D eigenvalue weighted by atomic mass is 10.1. The molecule has 1 aromatic heterocycles. The van der Waals surface area contributed by atoms with E-state index in [4.69, 9.17) is 9.88 Å². The molecule has 0 radical (unpaired) electrons. The zero-order chi connectivity index (χ0) is 18.0. The molecule has 0 aliphatic rings. The number of ether oxygens (including phenoxy) is 1. The van der Waals surface area contributed by atoms with Gasteiger partial charge in [-0.2, -0.15) is 9.78 Å². The molecule has 2 aromatic carbocycles. The normalized spacial score (nSPS) is 11.3. The Morgan fingerprint density at radius 1 is 0.960 bits per heavy atom. The fourth-order valence-electron chi connectivity index (χ4n) is 2.29. The summed E-state index contributed by atoms with van der Waals surface area (Å²) in [5.74, 6) is 0.718. The van der Waals surface area contributed by atoms with Gasteiger partial charge in [0.15, 0.2) is 0 Å². The maximum atomic E-state index is 12.1. The molecule has 0 fully saturated rings. The molecule has 0 saturated heterocycles. The van der Waals surface area contributed by atoms with Crippen molar-refractivity contribution in [3.05, 3.63) is 71.0 Å². The average molecular weight is 357 g/mol. The van der Waals surface area contributed by atoms with Crippen LogP contribution in [0.15, 0.2) is 70.4 Å². The zero-order valence-electron chi connectivity index (χ0n) is 13.3. The standard InChI is InChI=1S/C17H15N3O4S/c1-24-14-6-2-12(3-7-14)16-10-11-17(21)20(19-16)13-4-8-15(9-5-13)25(18,22)23/h2-11H,1H3,(H2,18,22,23). The second-order valence-corrected chi connectivity index (χ2v) is 6.80. The number of benzene rings is 2. The SMILES string of the molecule is COc1ccc(-c2ccc(=O)n(-c3ccc(S(N)(=O)=O)cc3)n2)cc1. The van der Waals surface area contributed by atoms with Gasteiger partial charge in [0.05, 0.1) is 23.4 Å². The number of sulfonamides is 1. The van der Waals surface area contributed by atoms with E-state index in [1.54, 1.807) is 25.3 Å². The summed E-state index contributed by atoms with van der Waals surface area (Å²) >= 11 is 0. The molecule has 0 saturated carbocycles. The van der Waals surface area contributed by atoms with Gasteiger partial charge in [0.1, 0.15) is 5.75 Å². The highest BCUT2D eigenvalue weighted by molar-refractivity contribution is 7.89. The maximum Gasteiger partial charge on any atom is 0.271 e. The van der Waals surface area contributed by atoms with E-state index in [9.17, 15) is 13.2 Å². The lowest BCUT2D eigenvalue weighted by Crippen LogP contribution is -2.20. The number of rotatable bonds is 4. The van der Waals surface area contributed by atoms with E-state index in [-0.39, 0.29) is 10.5 Å². The maximum absolute atomic E-state index is 12.1. The lowest BCUT2D eigenvalue weighted by molar-refractivity contribution is 0.415. The molecule has 7 nitrogen and oxygen atoms in total. The topological polar surface area (TPSA) is 104 Å². The third-order valence-corrected chi connectivity index (χ3v) is 4.53. The molecule has 0 amide bonds. The highest BCUT2D eigenvalue weighted by Gasteiger charge is 2.09. The number of primary sulfonamides is 1. The minimum atomic E-state index is -3.79. The molecule has 1 heterocycles. The van der Waals surface area contributed by atoms with Crippen molar-refractivity contribution in [2.24, 2.45) is 5.14 Å². The molecule has 0 atom stereocenters. The fourth-order valence-corrected chi connectivity index (χ4v) is 2.80. The smallest absolute Gasteiger partial charge is 0.271 e. The third-order valence-electron chi connectivity index (χ3n) is 3.60. The van der Waals surface area contributed by atoms with E-state index in [1.807, 2.05) is 12.1 Å². The third kappa shape index (κ3) is 3.59. The van der Waals surface area contributed by atoms with Gasteiger partial charge in [-0.25, -0.2) is 13.6 Å². The number of methoxy groups -OCH3 is 1. The molecule has 0 bridgehead atoms. The molecule has 0 unspecified atom stereocenters. The van der Waals surface area contributed by atoms with Crippen LogP contribution in [0, 0.1) is 0 Å². The molecule has 25 heavy (non-hydrogen) atoms. The van der Waals surface area contributed by atoms with Gasteiger partial charge in [0.25, 0.3) is 5.56 Å². The van der Waals surface area contributed by atoms with Crippen molar-refractivity contribution in [1.29, 1.82) is 0 Å². The van der Waals surface area contributed by atoms with E-state index >= 15 is 0 Å². The molecule has 0 aliphatic carbocycles. The molecule has 3 aromatic rings. The van der Waals surface area contributed by atoms with E-state index in [2.05, 4.69) is 5.10 Å². The summed E-state index contributed by atoms with van der Waals surface area (Å²) in [4.78, 5) is 12.1. The van der Waals surface area contributed by atoms with Gasteiger partial charge in [-0.1, -0.05) is 0 Å². The van der Waals surface area contributed by atoms with Crippen LogP contribution in [0.1, 0.15) is 0 Å². The number of hydrogen-bond acceptors (Lipinski definition) is 5. The largest absolute Gasteiger partial charge is 0.497 e. The van der Waals surface area contributed by atoms with Crippen LogP contribution < -0.4 is 15.4 Å². The summed E-state index contributed by atoms with van der Waals surface area (Å²) in [6, 6.07) is 15.9. The van der Waals surface area contributed by atoms with Gasteiger partial charge < -0.3 is 4.74 Å². The molecule has 3 rings (SSSR count). The van der Waals surface area contributed by atoms with Gasteiger partial charge in [0.2, 0.25) is 10.0 Å². The number of hydrogen-bond donors (Lipinski definition) is 1. The Morgan fingerprint density at radius 2 is 1.60 bits per heavy atom. The molecular formula is C17H15N3O4S. The average Bonchev–Trinajstić information content (AvgIpc) is 2.62. The summed E-state index contributed by atoms with van der Waals surface area (Å²) in [7, 11) is -2.21. The fraction of sp³-hybridized carbons (Fsp3) is 0.0588. The van der Waals surface area contributed by atoms with Crippen LogP contribution in [0.5, 0.6) is 5.75 Å². The minimum Gasteiger partial charge on any atom is -0.497 e. The van der Waals surface area contributed by atoms with Crippen molar-refractivity contribution < 1.29 is 13.2 Å². The highest BCUT2D eigenvalue weighted by atomic mass is 32.2. The summed E-state index contributed by atoms with van der Waals surface area (Å²) in [6.07, 6.45) is 0. The predicted octanol–water partition coefficient (Wildman–Crippen LogP) is 1.56. The van der Waals surface area contributed by atoms with Crippen molar-refractivity contribution in [3.63, 3.8) is 0 Å². The van der Waals surface area contributed by atoms with Gasteiger partial charge >= 0.3 is 0 Å². The van der Waals surface area contributed by atoms with Crippen molar-refractivity contribution in [1.82, 2.24) is 9.78 Å². The second kappa shape index (κ2) is 6.50. The highest BCUT2D eigenvalue weighted by Crippen LogP contribution is 2.20. The Balaban J connectivity index is 2.03. The summed E-state index contributed by atoms with van der Waals surface area (Å²) in [6.45, 7) is 0. The molecular weight excluding hydrogens is 342 g/mol. The van der Waals surface area contributed by atoms with Crippen LogP contribution in [-0.4, -0.2) is 25.3 Å². The van der Waals surface area contributed by atoms with Gasteiger partial charge in [-0.15, -0.1) is 0 Å². The predicted molar refractivity (Wildman–Crippen MR) is 93.2 cm³/mol. The first-order chi connectivity index (χ1) is 11.9. The summed E-state index contributed by atoms with van der Waals surface area (Å²) < 4.78 is 29.0. The Kier molecular flexibility index (Phi) is 4.39. The monoisotopic (exact) mass is 357 g/mol. The van der Waals surface area contributed by atoms with E-state index < -0.39 is 10.0 Å². The van der Waals surface area contributed by atoms with Crippen LogP contribution >= 0.6 is 0 Å². The van der Waals surface area contributed by atoms with E-state index in [1.165, 1.54) is 35.0 Å². The molecule has 2 N–H and O–H groups in total. The Bertz CT molecular complexity index is 1060. The van der Waals surface area contributed by atoms with Crippen LogP contribution in [0.2, 0.25) is 0 Å². The Hall–Kier alpha value is -2.97. The van der Waals surface area contributed by atoms with Crippen molar-refractivity contribution in [3.8, 4) is 22.7 Å². The molecule has 128 valence electrons. The first-order valence-electron chi connectivity index (χ1n) is 7.26. The zero-order valence-corrected chi connectivity index (χ0v) is 14.1. The quantitative estimate of drug-likeness (QED) is 0.763. The second-order valence-electron chi connectivity index (χ2n) is 5.24. The molecule has 8 heteroatoms. The first-order valence-corrected chi connectivity index (χ1v) is 8.81. The lowest BCUT2D eigenvalue weighted by Gasteiger charge is -2.08.